The molecular weight excluding hydrogens is 248 g/mol. The Morgan fingerprint density at radius 3 is 2.61 bits per heavy atom. The van der Waals surface area contributed by atoms with E-state index in [4.69, 9.17) is 4.74 Å². The number of rotatable bonds is 8. The van der Waals surface area contributed by atoms with Crippen LogP contribution in [-0.4, -0.2) is 36.4 Å². The molecule has 18 heavy (non-hydrogen) atoms. The number of anilines is 1. The summed E-state index contributed by atoms with van der Waals surface area (Å²) in [5.41, 5.74) is 1.02. The van der Waals surface area contributed by atoms with Crippen LogP contribution in [0.1, 0.15) is 37.8 Å². The monoisotopic (exact) mass is 272 g/mol. The van der Waals surface area contributed by atoms with E-state index in [1.165, 1.54) is 0 Å². The predicted octanol–water partition coefficient (Wildman–Crippen LogP) is 2.45. The molecule has 1 aromatic heterocycles. The number of aromatic nitrogens is 1. The van der Waals surface area contributed by atoms with Gasteiger partial charge in [0.1, 0.15) is 0 Å². The van der Waals surface area contributed by atoms with Crippen LogP contribution in [0, 0.1) is 0 Å². The van der Waals surface area contributed by atoms with Crippen LogP contribution in [0.5, 0.6) is 0 Å². The lowest BCUT2D eigenvalue weighted by atomic mass is 10.2. The van der Waals surface area contributed by atoms with Crippen molar-refractivity contribution in [2.45, 2.75) is 46.3 Å². The second-order valence-electron chi connectivity index (χ2n) is 4.32. The standard InChI is InChI=1S/C13H24N2O2S/c1-5-10(3)15(7-8-17-4)13-14-11(6-2)12(9-16)18-13/h10,16H,5-9H2,1-4H3. The smallest absolute Gasteiger partial charge is 0.186 e. The number of hydrogen-bond donors (Lipinski definition) is 1. The van der Waals surface area contributed by atoms with E-state index >= 15 is 0 Å². The fourth-order valence-electron chi connectivity index (χ4n) is 1.81. The van der Waals surface area contributed by atoms with Crippen molar-refractivity contribution in [1.29, 1.82) is 0 Å². The normalized spacial score (nSPS) is 12.7. The number of thiazole rings is 1. The van der Waals surface area contributed by atoms with E-state index in [1.54, 1.807) is 18.4 Å². The molecule has 0 aromatic carbocycles. The molecule has 0 aliphatic carbocycles. The van der Waals surface area contributed by atoms with Crippen molar-refractivity contribution in [1.82, 2.24) is 4.98 Å². The van der Waals surface area contributed by atoms with Gasteiger partial charge in [0, 0.05) is 19.7 Å². The number of nitrogens with zero attached hydrogens (tertiary/aromatic N) is 2. The van der Waals surface area contributed by atoms with Gasteiger partial charge in [-0.15, -0.1) is 0 Å². The van der Waals surface area contributed by atoms with Gasteiger partial charge in [-0.2, -0.15) is 0 Å². The minimum Gasteiger partial charge on any atom is -0.391 e. The van der Waals surface area contributed by atoms with Crippen LogP contribution in [0.4, 0.5) is 5.13 Å². The Morgan fingerprint density at radius 1 is 1.44 bits per heavy atom. The van der Waals surface area contributed by atoms with E-state index < -0.39 is 0 Å². The van der Waals surface area contributed by atoms with Crippen LogP contribution in [0.25, 0.3) is 0 Å². The van der Waals surface area contributed by atoms with Crippen LogP contribution in [-0.2, 0) is 17.8 Å². The fourth-order valence-corrected chi connectivity index (χ4v) is 2.94. The third kappa shape index (κ3) is 3.67. The highest BCUT2D eigenvalue weighted by Crippen LogP contribution is 2.28. The number of ether oxygens (including phenoxy) is 1. The molecule has 0 saturated heterocycles. The van der Waals surface area contributed by atoms with Crippen LogP contribution in [0.2, 0.25) is 0 Å². The summed E-state index contributed by atoms with van der Waals surface area (Å²) in [6.45, 7) is 8.06. The summed E-state index contributed by atoms with van der Waals surface area (Å²) in [6.07, 6.45) is 1.93. The molecule has 0 bridgehead atoms. The van der Waals surface area contributed by atoms with Crippen molar-refractivity contribution in [3.05, 3.63) is 10.6 Å². The van der Waals surface area contributed by atoms with E-state index in [2.05, 4.69) is 30.7 Å². The van der Waals surface area contributed by atoms with Crippen molar-refractivity contribution in [3.63, 3.8) is 0 Å². The molecule has 0 amide bonds. The highest BCUT2D eigenvalue weighted by molar-refractivity contribution is 7.15. The first kappa shape index (κ1) is 15.4. The van der Waals surface area contributed by atoms with Crippen molar-refractivity contribution >= 4 is 16.5 Å². The molecular formula is C13H24N2O2S. The Hall–Kier alpha value is -0.650. The molecule has 0 spiro atoms. The number of aryl methyl sites for hydroxylation is 1. The first-order chi connectivity index (χ1) is 8.67. The minimum atomic E-state index is 0.0828. The second kappa shape index (κ2) is 7.71. The van der Waals surface area contributed by atoms with Gasteiger partial charge in [0.05, 0.1) is 23.8 Å². The molecule has 1 atom stereocenters. The Balaban J connectivity index is 2.93. The van der Waals surface area contributed by atoms with E-state index in [1.807, 2.05) is 0 Å². The van der Waals surface area contributed by atoms with Gasteiger partial charge < -0.3 is 14.7 Å². The maximum absolute atomic E-state index is 9.34. The highest BCUT2D eigenvalue weighted by Gasteiger charge is 2.18. The third-order valence-electron chi connectivity index (χ3n) is 3.15. The summed E-state index contributed by atoms with van der Waals surface area (Å²) in [7, 11) is 1.72. The van der Waals surface area contributed by atoms with Gasteiger partial charge in [0.15, 0.2) is 5.13 Å². The predicted molar refractivity (Wildman–Crippen MR) is 76.4 cm³/mol. The molecule has 1 rings (SSSR count). The molecule has 1 unspecified atom stereocenters. The van der Waals surface area contributed by atoms with Crippen LogP contribution < -0.4 is 4.90 Å². The number of methoxy groups -OCH3 is 1. The SMILES string of the molecule is CCc1nc(N(CCOC)C(C)CC)sc1CO. The maximum Gasteiger partial charge on any atom is 0.186 e. The molecule has 0 aliphatic heterocycles. The molecule has 4 nitrogen and oxygen atoms in total. The van der Waals surface area contributed by atoms with E-state index in [9.17, 15) is 5.11 Å². The number of hydrogen-bond acceptors (Lipinski definition) is 5. The summed E-state index contributed by atoms with van der Waals surface area (Å²) in [5, 5.41) is 10.3. The molecule has 1 N–H and O–H groups in total. The zero-order valence-electron chi connectivity index (χ0n) is 11.8. The van der Waals surface area contributed by atoms with Crippen LogP contribution >= 0.6 is 11.3 Å². The highest BCUT2D eigenvalue weighted by atomic mass is 32.1. The molecule has 1 aromatic rings. The molecule has 5 heteroatoms. The van der Waals surface area contributed by atoms with Gasteiger partial charge in [-0.05, 0) is 19.8 Å². The van der Waals surface area contributed by atoms with Gasteiger partial charge in [-0.1, -0.05) is 25.2 Å². The zero-order valence-corrected chi connectivity index (χ0v) is 12.6. The first-order valence-electron chi connectivity index (χ1n) is 6.52. The quantitative estimate of drug-likeness (QED) is 0.789. The summed E-state index contributed by atoms with van der Waals surface area (Å²) < 4.78 is 5.16. The van der Waals surface area contributed by atoms with E-state index in [0.717, 1.165) is 35.1 Å². The average Bonchev–Trinajstić information content (AvgIpc) is 2.81. The van der Waals surface area contributed by atoms with Crippen molar-refractivity contribution in [2.24, 2.45) is 0 Å². The molecule has 0 radical (unpaired) electrons. The summed E-state index contributed by atoms with van der Waals surface area (Å²) in [5.74, 6) is 0. The van der Waals surface area contributed by atoms with E-state index in [-0.39, 0.29) is 6.61 Å². The van der Waals surface area contributed by atoms with Gasteiger partial charge in [-0.25, -0.2) is 4.98 Å². The molecule has 1 heterocycles. The number of aliphatic hydroxyl groups excluding tert-OH is 1. The van der Waals surface area contributed by atoms with Gasteiger partial charge >= 0.3 is 0 Å². The fraction of sp³-hybridized carbons (Fsp3) is 0.769. The van der Waals surface area contributed by atoms with Crippen LogP contribution in [0.3, 0.4) is 0 Å². The Bertz CT molecular complexity index is 333. The molecule has 0 saturated carbocycles. The number of aliphatic hydroxyl groups is 1. The van der Waals surface area contributed by atoms with Crippen molar-refractivity contribution in [3.8, 4) is 0 Å². The van der Waals surface area contributed by atoms with Crippen LogP contribution in [0.15, 0.2) is 0 Å². The Morgan fingerprint density at radius 2 is 2.17 bits per heavy atom. The zero-order chi connectivity index (χ0) is 13.5. The summed E-state index contributed by atoms with van der Waals surface area (Å²) >= 11 is 1.60. The lowest BCUT2D eigenvalue weighted by molar-refractivity contribution is 0.203. The lowest BCUT2D eigenvalue weighted by Gasteiger charge is -2.27. The molecule has 104 valence electrons. The van der Waals surface area contributed by atoms with Crippen molar-refractivity contribution < 1.29 is 9.84 Å². The van der Waals surface area contributed by atoms with Gasteiger partial charge in [0.2, 0.25) is 0 Å². The molecule has 0 aliphatic rings. The van der Waals surface area contributed by atoms with E-state index in [0.29, 0.717) is 12.6 Å². The molecule has 0 fully saturated rings. The van der Waals surface area contributed by atoms with Gasteiger partial charge in [0.25, 0.3) is 0 Å². The van der Waals surface area contributed by atoms with Crippen molar-refractivity contribution in [2.75, 3.05) is 25.2 Å². The largest absolute Gasteiger partial charge is 0.391 e. The minimum absolute atomic E-state index is 0.0828. The van der Waals surface area contributed by atoms with Gasteiger partial charge in [-0.3, -0.25) is 0 Å². The second-order valence-corrected chi connectivity index (χ2v) is 5.38. The average molecular weight is 272 g/mol. The Kier molecular flexibility index (Phi) is 6.60. The first-order valence-corrected chi connectivity index (χ1v) is 7.34. The Labute approximate surface area is 114 Å². The summed E-state index contributed by atoms with van der Waals surface area (Å²) in [6, 6.07) is 0.433. The topological polar surface area (TPSA) is 45.6 Å². The lowest BCUT2D eigenvalue weighted by Crippen LogP contribution is -2.35. The third-order valence-corrected chi connectivity index (χ3v) is 4.27. The maximum atomic E-state index is 9.34. The summed E-state index contributed by atoms with van der Waals surface area (Å²) in [4.78, 5) is 7.91.